The first-order chi connectivity index (χ1) is 7.56. The molecule has 1 heterocycles. The van der Waals surface area contributed by atoms with Gasteiger partial charge in [-0.25, -0.2) is 0 Å². The van der Waals surface area contributed by atoms with Crippen molar-refractivity contribution in [3.05, 3.63) is 0 Å². The van der Waals surface area contributed by atoms with E-state index in [2.05, 4.69) is 44.8 Å². The average molecular weight is 226 g/mol. The molecule has 2 nitrogen and oxygen atoms in total. The van der Waals surface area contributed by atoms with Crippen LogP contribution in [0.5, 0.6) is 0 Å². The Labute approximate surface area is 102 Å². The van der Waals surface area contributed by atoms with E-state index in [1.54, 1.807) is 0 Å². The van der Waals surface area contributed by atoms with E-state index in [-0.39, 0.29) is 0 Å². The van der Waals surface area contributed by atoms with Gasteiger partial charge in [0.05, 0.1) is 0 Å². The van der Waals surface area contributed by atoms with E-state index in [0.29, 0.717) is 6.04 Å². The molecule has 0 aromatic heterocycles. The molecule has 2 heteroatoms. The summed E-state index contributed by atoms with van der Waals surface area (Å²) in [5.74, 6) is 1.66. The molecular weight excluding hydrogens is 196 g/mol. The third-order valence-corrected chi connectivity index (χ3v) is 3.99. The Kier molecular flexibility index (Phi) is 5.77. The van der Waals surface area contributed by atoms with Gasteiger partial charge in [-0.2, -0.15) is 0 Å². The molecule has 0 amide bonds. The lowest BCUT2D eigenvalue weighted by molar-refractivity contribution is 0.0590. The zero-order chi connectivity index (χ0) is 12.1. The average Bonchev–Trinajstić information content (AvgIpc) is 2.20. The molecule has 1 fully saturated rings. The Balaban J connectivity index is 2.55. The molecule has 0 bridgehead atoms. The maximum Gasteiger partial charge on any atom is 0.0246 e. The SMILES string of the molecule is CCNCC(C(C)C)N1CCC(C)CC1C. The zero-order valence-corrected chi connectivity index (χ0v) is 11.8. The van der Waals surface area contributed by atoms with Crippen LogP contribution in [0.2, 0.25) is 0 Å². The minimum Gasteiger partial charge on any atom is -0.315 e. The third kappa shape index (κ3) is 3.74. The molecule has 1 N–H and O–H groups in total. The molecule has 16 heavy (non-hydrogen) atoms. The Morgan fingerprint density at radius 2 is 2.00 bits per heavy atom. The van der Waals surface area contributed by atoms with Crippen molar-refractivity contribution in [3.63, 3.8) is 0 Å². The zero-order valence-electron chi connectivity index (χ0n) is 11.8. The molecule has 0 aliphatic carbocycles. The van der Waals surface area contributed by atoms with E-state index in [1.165, 1.54) is 19.4 Å². The molecule has 3 atom stereocenters. The largest absolute Gasteiger partial charge is 0.315 e. The first kappa shape index (κ1) is 14.0. The van der Waals surface area contributed by atoms with Gasteiger partial charge in [0.15, 0.2) is 0 Å². The predicted molar refractivity (Wildman–Crippen MR) is 71.7 cm³/mol. The van der Waals surface area contributed by atoms with Crippen LogP contribution in [0, 0.1) is 11.8 Å². The lowest BCUT2D eigenvalue weighted by Gasteiger charge is -2.43. The van der Waals surface area contributed by atoms with Gasteiger partial charge in [0, 0.05) is 18.6 Å². The van der Waals surface area contributed by atoms with Crippen molar-refractivity contribution < 1.29 is 0 Å². The second-order valence-corrected chi connectivity index (χ2v) is 5.84. The van der Waals surface area contributed by atoms with Crippen molar-refractivity contribution >= 4 is 0 Å². The number of likely N-dealkylation sites (tertiary alicyclic amines) is 1. The molecule has 0 aromatic carbocycles. The number of likely N-dealkylation sites (N-methyl/N-ethyl adjacent to an activating group) is 1. The maximum absolute atomic E-state index is 3.52. The van der Waals surface area contributed by atoms with Gasteiger partial charge in [-0.3, -0.25) is 4.90 Å². The summed E-state index contributed by atoms with van der Waals surface area (Å²) in [4.78, 5) is 2.73. The second-order valence-electron chi connectivity index (χ2n) is 5.84. The van der Waals surface area contributed by atoms with Crippen LogP contribution >= 0.6 is 0 Å². The predicted octanol–water partition coefficient (Wildman–Crippen LogP) is 2.74. The second kappa shape index (κ2) is 6.61. The molecule has 0 radical (unpaired) electrons. The first-order valence-corrected chi connectivity index (χ1v) is 7.02. The summed E-state index contributed by atoms with van der Waals surface area (Å²) in [6, 6.07) is 1.47. The van der Waals surface area contributed by atoms with Gasteiger partial charge in [0.2, 0.25) is 0 Å². The summed E-state index contributed by atoms with van der Waals surface area (Å²) < 4.78 is 0. The Morgan fingerprint density at radius 1 is 1.31 bits per heavy atom. The highest BCUT2D eigenvalue weighted by atomic mass is 15.2. The van der Waals surface area contributed by atoms with Crippen LogP contribution in [-0.4, -0.2) is 36.6 Å². The van der Waals surface area contributed by atoms with E-state index < -0.39 is 0 Å². The van der Waals surface area contributed by atoms with Crippen LogP contribution in [0.25, 0.3) is 0 Å². The Morgan fingerprint density at radius 3 is 2.50 bits per heavy atom. The van der Waals surface area contributed by atoms with Gasteiger partial charge in [0.1, 0.15) is 0 Å². The van der Waals surface area contributed by atoms with E-state index in [0.717, 1.165) is 31.0 Å². The summed E-state index contributed by atoms with van der Waals surface area (Å²) in [6.45, 7) is 15.2. The van der Waals surface area contributed by atoms with Crippen molar-refractivity contribution in [2.45, 2.75) is 59.5 Å². The lowest BCUT2D eigenvalue weighted by atomic mass is 9.89. The molecule has 0 saturated carbocycles. The van der Waals surface area contributed by atoms with Gasteiger partial charge in [-0.1, -0.05) is 27.7 Å². The number of nitrogens with zero attached hydrogens (tertiary/aromatic N) is 1. The van der Waals surface area contributed by atoms with E-state index in [4.69, 9.17) is 0 Å². The fourth-order valence-corrected chi connectivity index (χ4v) is 2.95. The lowest BCUT2D eigenvalue weighted by Crippen LogP contribution is -2.52. The van der Waals surface area contributed by atoms with Crippen molar-refractivity contribution in [2.24, 2.45) is 11.8 Å². The number of hydrogen-bond donors (Lipinski definition) is 1. The summed E-state index contributed by atoms with van der Waals surface area (Å²) >= 11 is 0. The molecule has 0 spiro atoms. The molecule has 1 rings (SSSR count). The van der Waals surface area contributed by atoms with Gasteiger partial charge in [-0.15, -0.1) is 0 Å². The highest BCUT2D eigenvalue weighted by Crippen LogP contribution is 2.26. The summed E-state index contributed by atoms with van der Waals surface area (Å²) in [6.07, 6.45) is 2.75. The third-order valence-electron chi connectivity index (χ3n) is 3.99. The van der Waals surface area contributed by atoms with Gasteiger partial charge in [-0.05, 0) is 44.7 Å². The molecular formula is C14H30N2. The van der Waals surface area contributed by atoms with Crippen molar-refractivity contribution in [1.29, 1.82) is 0 Å². The molecule has 96 valence electrons. The smallest absolute Gasteiger partial charge is 0.0246 e. The van der Waals surface area contributed by atoms with Gasteiger partial charge < -0.3 is 5.32 Å². The highest BCUT2D eigenvalue weighted by molar-refractivity contribution is 4.85. The molecule has 1 saturated heterocycles. The fraction of sp³-hybridized carbons (Fsp3) is 1.00. The molecule has 0 aromatic rings. The number of hydrogen-bond acceptors (Lipinski definition) is 2. The minimum atomic E-state index is 0.711. The van der Waals surface area contributed by atoms with Crippen LogP contribution in [0.3, 0.4) is 0 Å². The van der Waals surface area contributed by atoms with Crippen molar-refractivity contribution in [3.8, 4) is 0 Å². The van der Waals surface area contributed by atoms with Gasteiger partial charge >= 0.3 is 0 Å². The molecule has 1 aliphatic heterocycles. The Bertz CT molecular complexity index is 189. The van der Waals surface area contributed by atoms with Crippen LogP contribution in [0.15, 0.2) is 0 Å². The number of piperidine rings is 1. The van der Waals surface area contributed by atoms with E-state index in [9.17, 15) is 0 Å². The highest BCUT2D eigenvalue weighted by Gasteiger charge is 2.29. The normalized spacial score (nSPS) is 29.6. The maximum atomic E-state index is 3.52. The summed E-state index contributed by atoms with van der Waals surface area (Å²) in [7, 11) is 0. The van der Waals surface area contributed by atoms with Crippen LogP contribution in [-0.2, 0) is 0 Å². The first-order valence-electron chi connectivity index (χ1n) is 7.02. The van der Waals surface area contributed by atoms with Crippen LogP contribution in [0.4, 0.5) is 0 Å². The number of nitrogens with one attached hydrogen (secondary N) is 1. The monoisotopic (exact) mass is 226 g/mol. The fourth-order valence-electron chi connectivity index (χ4n) is 2.95. The molecule has 3 unspecified atom stereocenters. The topological polar surface area (TPSA) is 15.3 Å². The Hall–Kier alpha value is -0.0800. The minimum absolute atomic E-state index is 0.711. The van der Waals surface area contributed by atoms with E-state index >= 15 is 0 Å². The standard InChI is InChI=1S/C14H30N2/c1-6-15-10-14(11(2)3)16-8-7-12(4)9-13(16)5/h11-15H,6-10H2,1-5H3. The van der Waals surface area contributed by atoms with Crippen LogP contribution < -0.4 is 5.32 Å². The van der Waals surface area contributed by atoms with Crippen molar-refractivity contribution in [2.75, 3.05) is 19.6 Å². The van der Waals surface area contributed by atoms with E-state index in [1.807, 2.05) is 0 Å². The van der Waals surface area contributed by atoms with Crippen LogP contribution in [0.1, 0.15) is 47.5 Å². The van der Waals surface area contributed by atoms with Crippen molar-refractivity contribution in [1.82, 2.24) is 10.2 Å². The quantitative estimate of drug-likeness (QED) is 0.775. The summed E-state index contributed by atoms with van der Waals surface area (Å²) in [5.41, 5.74) is 0. The summed E-state index contributed by atoms with van der Waals surface area (Å²) in [5, 5.41) is 3.52. The number of rotatable bonds is 5. The molecule has 1 aliphatic rings. The van der Waals surface area contributed by atoms with Gasteiger partial charge in [0.25, 0.3) is 0 Å².